The molecule has 3 nitrogen and oxygen atoms in total. The van der Waals surface area contributed by atoms with Gasteiger partial charge in [0, 0.05) is 6.54 Å². The molecule has 0 fully saturated rings. The fourth-order valence-corrected chi connectivity index (χ4v) is 1.99. The number of aryl methyl sites for hydroxylation is 1. The number of hydrogen-bond acceptors (Lipinski definition) is 2. The van der Waals surface area contributed by atoms with Crippen LogP contribution in [0.3, 0.4) is 0 Å². The molecular weight excluding hydrogens is 262 g/mol. The average Bonchev–Trinajstić information content (AvgIpc) is 2.87. The van der Waals surface area contributed by atoms with E-state index in [-0.39, 0.29) is 11.8 Å². The Morgan fingerprint density at radius 2 is 2.16 bits per heavy atom. The molecule has 0 saturated carbocycles. The number of amides is 1. The quantitative estimate of drug-likeness (QED) is 0.852. The lowest BCUT2D eigenvalue weighted by Gasteiger charge is -2.04. The highest BCUT2D eigenvalue weighted by molar-refractivity contribution is 6.16. The van der Waals surface area contributed by atoms with E-state index in [2.05, 4.69) is 30.4 Å². The lowest BCUT2D eigenvalue weighted by molar-refractivity contribution is 0.0925. The summed E-state index contributed by atoms with van der Waals surface area (Å²) in [6.07, 6.45) is 0.802. The highest BCUT2D eigenvalue weighted by Crippen LogP contribution is 2.10. The molecule has 2 rings (SSSR count). The molecule has 0 saturated heterocycles. The van der Waals surface area contributed by atoms with Crippen molar-refractivity contribution in [1.82, 2.24) is 5.32 Å². The number of carbonyl (C=O) groups is 1. The first-order valence-electron chi connectivity index (χ1n) is 6.17. The van der Waals surface area contributed by atoms with Gasteiger partial charge in [-0.05, 0) is 31.0 Å². The minimum atomic E-state index is -0.205. The molecule has 0 bridgehead atoms. The zero-order chi connectivity index (χ0) is 13.7. The van der Waals surface area contributed by atoms with Crippen LogP contribution in [0.2, 0.25) is 0 Å². The molecule has 1 aromatic heterocycles. The Hall–Kier alpha value is -1.74. The third-order valence-corrected chi connectivity index (χ3v) is 3.06. The van der Waals surface area contributed by atoms with Crippen molar-refractivity contribution in [2.45, 2.75) is 19.2 Å². The van der Waals surface area contributed by atoms with Gasteiger partial charge in [-0.1, -0.05) is 29.8 Å². The summed E-state index contributed by atoms with van der Waals surface area (Å²) < 4.78 is 5.27. The van der Waals surface area contributed by atoms with E-state index in [0.29, 0.717) is 18.1 Å². The summed E-state index contributed by atoms with van der Waals surface area (Å²) in [5.74, 6) is 0.978. The Morgan fingerprint density at radius 3 is 2.84 bits per heavy atom. The Labute approximate surface area is 117 Å². The van der Waals surface area contributed by atoms with E-state index in [1.165, 1.54) is 11.1 Å². The summed E-state index contributed by atoms with van der Waals surface area (Å²) in [5.41, 5.74) is 2.43. The molecule has 4 heteroatoms. The van der Waals surface area contributed by atoms with Crippen LogP contribution in [-0.4, -0.2) is 12.5 Å². The third-order valence-electron chi connectivity index (χ3n) is 2.80. The molecule has 0 aliphatic heterocycles. The minimum absolute atomic E-state index is 0.205. The second kappa shape index (κ2) is 6.43. The van der Waals surface area contributed by atoms with Crippen molar-refractivity contribution >= 4 is 17.5 Å². The number of halogens is 1. The van der Waals surface area contributed by atoms with Crippen LogP contribution in [0.1, 0.15) is 27.4 Å². The van der Waals surface area contributed by atoms with Crippen molar-refractivity contribution in [3.63, 3.8) is 0 Å². The standard InChI is InChI=1S/C15H16ClNO2/c1-11-3-2-4-12(9-11)7-8-17-15(18)14-6-5-13(10-16)19-14/h2-6,9H,7-8,10H2,1H3,(H,17,18). The van der Waals surface area contributed by atoms with Crippen molar-refractivity contribution in [1.29, 1.82) is 0 Å². The van der Waals surface area contributed by atoms with Crippen LogP contribution < -0.4 is 5.32 Å². The van der Waals surface area contributed by atoms with E-state index in [1.54, 1.807) is 12.1 Å². The fraction of sp³-hybridized carbons (Fsp3) is 0.267. The van der Waals surface area contributed by atoms with Crippen molar-refractivity contribution in [3.8, 4) is 0 Å². The van der Waals surface area contributed by atoms with Gasteiger partial charge in [-0.3, -0.25) is 4.79 Å². The molecule has 0 aliphatic carbocycles. The van der Waals surface area contributed by atoms with Gasteiger partial charge >= 0.3 is 0 Å². The van der Waals surface area contributed by atoms with Crippen molar-refractivity contribution in [2.24, 2.45) is 0 Å². The summed E-state index contributed by atoms with van der Waals surface area (Å²) in [6, 6.07) is 11.6. The molecule has 19 heavy (non-hydrogen) atoms. The van der Waals surface area contributed by atoms with Crippen LogP contribution in [0.25, 0.3) is 0 Å². The topological polar surface area (TPSA) is 42.2 Å². The second-order valence-electron chi connectivity index (χ2n) is 4.39. The zero-order valence-electron chi connectivity index (χ0n) is 10.8. The maximum absolute atomic E-state index is 11.8. The van der Waals surface area contributed by atoms with E-state index < -0.39 is 0 Å². The van der Waals surface area contributed by atoms with E-state index in [1.807, 2.05) is 6.07 Å². The number of alkyl halides is 1. The molecule has 0 aliphatic rings. The summed E-state index contributed by atoms with van der Waals surface area (Å²) in [7, 11) is 0. The van der Waals surface area contributed by atoms with Crippen molar-refractivity contribution < 1.29 is 9.21 Å². The van der Waals surface area contributed by atoms with Gasteiger partial charge in [0.1, 0.15) is 5.76 Å². The Kier molecular flexibility index (Phi) is 4.63. The molecule has 0 unspecified atom stereocenters. The summed E-state index contributed by atoms with van der Waals surface area (Å²) >= 11 is 5.62. The SMILES string of the molecule is Cc1cccc(CCNC(=O)c2ccc(CCl)o2)c1. The number of carbonyl (C=O) groups excluding carboxylic acids is 1. The van der Waals surface area contributed by atoms with E-state index in [4.69, 9.17) is 16.0 Å². The predicted octanol–water partition coefficient (Wildman–Crippen LogP) is 3.30. The van der Waals surface area contributed by atoms with Gasteiger partial charge in [0.25, 0.3) is 5.91 Å². The molecule has 100 valence electrons. The minimum Gasteiger partial charge on any atom is -0.455 e. The third kappa shape index (κ3) is 3.86. The summed E-state index contributed by atoms with van der Waals surface area (Å²) in [4.78, 5) is 11.8. The van der Waals surface area contributed by atoms with E-state index in [9.17, 15) is 4.79 Å². The maximum atomic E-state index is 11.8. The second-order valence-corrected chi connectivity index (χ2v) is 4.66. The molecule has 0 atom stereocenters. The van der Waals surface area contributed by atoms with Gasteiger partial charge in [-0.15, -0.1) is 11.6 Å². The molecule has 1 N–H and O–H groups in total. The van der Waals surface area contributed by atoms with Crippen LogP contribution in [-0.2, 0) is 12.3 Å². The van der Waals surface area contributed by atoms with Gasteiger partial charge in [0.2, 0.25) is 0 Å². The van der Waals surface area contributed by atoms with Gasteiger partial charge in [-0.2, -0.15) is 0 Å². The van der Waals surface area contributed by atoms with Gasteiger partial charge in [-0.25, -0.2) is 0 Å². The molecule has 1 amide bonds. The normalized spacial score (nSPS) is 10.4. The molecule has 2 aromatic rings. The molecule has 0 spiro atoms. The van der Waals surface area contributed by atoms with Gasteiger partial charge in [0.15, 0.2) is 5.76 Å². The number of hydrogen-bond donors (Lipinski definition) is 1. The van der Waals surface area contributed by atoms with Crippen LogP contribution in [0.15, 0.2) is 40.8 Å². The van der Waals surface area contributed by atoms with E-state index >= 15 is 0 Å². The molecular formula is C15H16ClNO2. The lowest BCUT2D eigenvalue weighted by Crippen LogP contribution is -2.25. The van der Waals surface area contributed by atoms with Crippen molar-refractivity contribution in [3.05, 3.63) is 59.0 Å². The number of benzene rings is 1. The first-order chi connectivity index (χ1) is 9.19. The zero-order valence-corrected chi connectivity index (χ0v) is 11.5. The average molecular weight is 278 g/mol. The Morgan fingerprint density at radius 1 is 1.32 bits per heavy atom. The highest BCUT2D eigenvalue weighted by Gasteiger charge is 2.09. The Balaban J connectivity index is 1.84. The first-order valence-corrected chi connectivity index (χ1v) is 6.71. The highest BCUT2D eigenvalue weighted by atomic mass is 35.5. The molecule has 1 aromatic carbocycles. The summed E-state index contributed by atoms with van der Waals surface area (Å²) in [6.45, 7) is 2.64. The monoisotopic (exact) mass is 277 g/mol. The summed E-state index contributed by atoms with van der Waals surface area (Å²) in [5, 5.41) is 2.83. The fourth-order valence-electron chi connectivity index (χ4n) is 1.85. The first kappa shape index (κ1) is 13.7. The van der Waals surface area contributed by atoms with Gasteiger partial charge < -0.3 is 9.73 Å². The lowest BCUT2D eigenvalue weighted by atomic mass is 10.1. The van der Waals surface area contributed by atoms with Crippen LogP contribution in [0.5, 0.6) is 0 Å². The van der Waals surface area contributed by atoms with Crippen LogP contribution >= 0.6 is 11.6 Å². The largest absolute Gasteiger partial charge is 0.455 e. The number of rotatable bonds is 5. The van der Waals surface area contributed by atoms with Crippen LogP contribution in [0, 0.1) is 6.92 Å². The maximum Gasteiger partial charge on any atom is 0.287 e. The van der Waals surface area contributed by atoms with Gasteiger partial charge in [0.05, 0.1) is 5.88 Å². The van der Waals surface area contributed by atoms with Crippen molar-refractivity contribution in [2.75, 3.05) is 6.54 Å². The number of nitrogens with one attached hydrogen (secondary N) is 1. The molecule has 0 radical (unpaired) electrons. The smallest absolute Gasteiger partial charge is 0.287 e. The molecule has 1 heterocycles. The number of furan rings is 1. The van der Waals surface area contributed by atoms with Crippen LogP contribution in [0.4, 0.5) is 0 Å². The van der Waals surface area contributed by atoms with E-state index in [0.717, 1.165) is 6.42 Å². The predicted molar refractivity (Wildman–Crippen MR) is 75.5 cm³/mol. The Bertz CT molecular complexity index is 563.